The number of allylic oxidation sites excluding steroid dienone is 2. The summed E-state index contributed by atoms with van der Waals surface area (Å²) in [6.07, 6.45) is 4.57. The van der Waals surface area contributed by atoms with Crippen molar-refractivity contribution < 1.29 is 0 Å². The monoisotopic (exact) mass is 250 g/mol. The summed E-state index contributed by atoms with van der Waals surface area (Å²) in [6.45, 7) is 0. The second kappa shape index (κ2) is 2.76. The number of thioether (sulfide) groups is 1. The first kappa shape index (κ1) is 7.89. The van der Waals surface area contributed by atoms with E-state index in [2.05, 4.69) is 52.3 Å². The van der Waals surface area contributed by atoms with Gasteiger partial charge in [0.2, 0.25) is 0 Å². The maximum Gasteiger partial charge on any atom is 0.0518 e. The van der Waals surface area contributed by atoms with Gasteiger partial charge in [-0.15, -0.1) is 0 Å². The van der Waals surface area contributed by atoms with Crippen LogP contribution in [0.15, 0.2) is 39.1 Å². The number of hydrogen-bond donors (Lipinski definition) is 0. The van der Waals surface area contributed by atoms with E-state index in [4.69, 9.17) is 0 Å². The maximum atomic E-state index is 3.53. The predicted octanol–water partition coefficient (Wildman–Crippen LogP) is 4.11. The second-order valence-corrected chi connectivity index (χ2v) is 5.72. The van der Waals surface area contributed by atoms with Crippen LogP contribution in [0.4, 0.5) is 0 Å². The van der Waals surface area contributed by atoms with Crippen LogP contribution in [0, 0.1) is 0 Å². The van der Waals surface area contributed by atoms with Crippen molar-refractivity contribution in [2.45, 2.75) is 5.92 Å². The van der Waals surface area contributed by atoms with Gasteiger partial charge in [-0.1, -0.05) is 42.1 Å². The normalized spacial score (nSPS) is 23.6. The Morgan fingerprint density at radius 2 is 2.08 bits per heavy atom. The minimum absolute atomic E-state index is 0.524. The molecular weight excluding hydrogens is 244 g/mol. The van der Waals surface area contributed by atoms with Crippen LogP contribution in [0.2, 0.25) is 0 Å². The molecule has 0 fully saturated rings. The third-order valence-electron chi connectivity index (χ3n) is 2.45. The summed E-state index contributed by atoms with van der Waals surface area (Å²) >= 11 is 5.36. The molecule has 1 atom stereocenters. The Kier molecular flexibility index (Phi) is 1.67. The molecule has 1 aromatic rings. The molecule has 1 aliphatic heterocycles. The number of benzene rings is 1. The lowest BCUT2D eigenvalue weighted by atomic mass is 10.0. The summed E-state index contributed by atoms with van der Waals surface area (Å²) in [5, 5.41) is 0. The molecule has 1 unspecified atom stereocenters. The molecule has 0 bridgehead atoms. The second-order valence-electron chi connectivity index (χ2n) is 3.23. The number of rotatable bonds is 0. The molecule has 13 heavy (non-hydrogen) atoms. The predicted molar refractivity (Wildman–Crippen MR) is 61.8 cm³/mol. The van der Waals surface area contributed by atoms with Crippen LogP contribution >= 0.6 is 27.7 Å². The first-order chi connectivity index (χ1) is 6.34. The van der Waals surface area contributed by atoms with E-state index in [0.29, 0.717) is 5.92 Å². The van der Waals surface area contributed by atoms with Gasteiger partial charge in [0.1, 0.15) is 0 Å². The van der Waals surface area contributed by atoms with Crippen LogP contribution < -0.4 is 0 Å². The van der Waals surface area contributed by atoms with Crippen LogP contribution in [0.3, 0.4) is 0 Å². The van der Waals surface area contributed by atoms with Crippen molar-refractivity contribution in [2.75, 3.05) is 0 Å². The van der Waals surface area contributed by atoms with Crippen molar-refractivity contribution in [3.63, 3.8) is 0 Å². The van der Waals surface area contributed by atoms with Gasteiger partial charge >= 0.3 is 0 Å². The fraction of sp³-hybridized carbons (Fsp3) is 0.0909. The Hall–Kier alpha value is -0.470. The van der Waals surface area contributed by atoms with Crippen molar-refractivity contribution in [2.24, 2.45) is 0 Å². The molecular formula is C11H7BrS. The van der Waals surface area contributed by atoms with Gasteiger partial charge in [-0.25, -0.2) is 0 Å². The molecule has 1 aromatic carbocycles. The zero-order valence-electron chi connectivity index (χ0n) is 6.83. The quantitative estimate of drug-likeness (QED) is 0.668. The standard InChI is InChI=1S/C11H7BrS/c12-11-6-9-8-4-2-1-3-7(8)5-10(9)13-11/h1-6,9H. The summed E-state index contributed by atoms with van der Waals surface area (Å²) in [4.78, 5) is 1.45. The van der Waals surface area contributed by atoms with Crippen molar-refractivity contribution in [1.29, 1.82) is 0 Å². The zero-order valence-corrected chi connectivity index (χ0v) is 9.23. The Balaban J connectivity index is 2.17. The van der Waals surface area contributed by atoms with Gasteiger partial charge in [-0.05, 0) is 33.1 Å². The molecule has 2 heteroatoms. The highest BCUT2D eigenvalue weighted by molar-refractivity contribution is 9.14. The highest BCUT2D eigenvalue weighted by Gasteiger charge is 2.28. The summed E-state index contributed by atoms with van der Waals surface area (Å²) in [7, 11) is 0. The molecule has 3 rings (SSSR count). The average molecular weight is 251 g/mol. The zero-order chi connectivity index (χ0) is 8.84. The third-order valence-corrected chi connectivity index (χ3v) is 4.14. The molecule has 0 nitrogen and oxygen atoms in total. The van der Waals surface area contributed by atoms with Crippen molar-refractivity contribution in [3.05, 3.63) is 50.2 Å². The molecule has 0 saturated carbocycles. The Morgan fingerprint density at radius 3 is 3.00 bits per heavy atom. The molecule has 64 valence electrons. The van der Waals surface area contributed by atoms with E-state index in [-0.39, 0.29) is 0 Å². The van der Waals surface area contributed by atoms with Crippen molar-refractivity contribution in [3.8, 4) is 0 Å². The van der Waals surface area contributed by atoms with Crippen LogP contribution in [-0.2, 0) is 0 Å². The largest absolute Gasteiger partial charge is 0.0862 e. The van der Waals surface area contributed by atoms with Crippen LogP contribution in [0.1, 0.15) is 17.0 Å². The van der Waals surface area contributed by atoms with Crippen molar-refractivity contribution in [1.82, 2.24) is 0 Å². The molecule has 1 aliphatic carbocycles. The molecule has 2 aliphatic rings. The van der Waals surface area contributed by atoms with E-state index in [0.717, 1.165) is 0 Å². The average Bonchev–Trinajstić information content (AvgIpc) is 2.60. The fourth-order valence-corrected chi connectivity index (χ4v) is 3.63. The third kappa shape index (κ3) is 1.12. The van der Waals surface area contributed by atoms with E-state index >= 15 is 0 Å². The van der Waals surface area contributed by atoms with Crippen LogP contribution in [0.5, 0.6) is 0 Å². The lowest BCUT2D eigenvalue weighted by molar-refractivity contribution is 1.11. The first-order valence-corrected chi connectivity index (χ1v) is 5.81. The van der Waals surface area contributed by atoms with Gasteiger partial charge in [0.05, 0.1) is 3.81 Å². The van der Waals surface area contributed by atoms with E-state index in [9.17, 15) is 0 Å². The highest BCUT2D eigenvalue weighted by atomic mass is 79.9. The minimum atomic E-state index is 0.524. The molecule has 0 amide bonds. The number of hydrogen-bond acceptors (Lipinski definition) is 1. The molecule has 0 spiro atoms. The minimum Gasteiger partial charge on any atom is -0.0862 e. The molecule has 1 heterocycles. The topological polar surface area (TPSA) is 0 Å². The summed E-state index contributed by atoms with van der Waals surface area (Å²) in [5.41, 5.74) is 2.82. The van der Waals surface area contributed by atoms with Gasteiger partial charge in [0.25, 0.3) is 0 Å². The fourth-order valence-electron chi connectivity index (χ4n) is 1.86. The Bertz CT molecular complexity index is 431. The smallest absolute Gasteiger partial charge is 0.0518 e. The summed E-state index contributed by atoms with van der Waals surface area (Å²) < 4.78 is 1.25. The van der Waals surface area contributed by atoms with E-state index in [1.54, 1.807) is 0 Å². The lowest BCUT2D eigenvalue weighted by Crippen LogP contribution is -1.87. The van der Waals surface area contributed by atoms with E-state index in [1.807, 2.05) is 11.8 Å². The van der Waals surface area contributed by atoms with Gasteiger partial charge in [0.15, 0.2) is 0 Å². The summed E-state index contributed by atoms with van der Waals surface area (Å²) in [5.74, 6) is 0.524. The maximum absolute atomic E-state index is 3.53. The number of halogens is 1. The molecule has 0 radical (unpaired) electrons. The Morgan fingerprint density at radius 1 is 1.23 bits per heavy atom. The SMILES string of the molecule is BrC1=CC2C(=Cc3ccccc32)S1. The van der Waals surface area contributed by atoms with Crippen molar-refractivity contribution >= 4 is 33.8 Å². The molecule has 0 aromatic heterocycles. The van der Waals surface area contributed by atoms with Gasteiger partial charge in [0, 0.05) is 10.8 Å². The van der Waals surface area contributed by atoms with Gasteiger partial charge < -0.3 is 0 Å². The van der Waals surface area contributed by atoms with Crippen LogP contribution in [-0.4, -0.2) is 0 Å². The highest BCUT2D eigenvalue weighted by Crippen LogP contribution is 2.52. The van der Waals surface area contributed by atoms with Crippen LogP contribution in [0.25, 0.3) is 6.08 Å². The molecule has 0 saturated heterocycles. The Labute approximate surface area is 89.9 Å². The van der Waals surface area contributed by atoms with E-state index < -0.39 is 0 Å². The van der Waals surface area contributed by atoms with Gasteiger partial charge in [-0.3, -0.25) is 0 Å². The molecule has 0 N–H and O–H groups in total. The first-order valence-electron chi connectivity index (χ1n) is 4.20. The number of fused-ring (bicyclic) bond motifs is 3. The lowest BCUT2D eigenvalue weighted by Gasteiger charge is -2.03. The van der Waals surface area contributed by atoms with Gasteiger partial charge in [-0.2, -0.15) is 0 Å². The van der Waals surface area contributed by atoms with E-state index in [1.165, 1.54) is 19.8 Å². The summed E-state index contributed by atoms with van der Waals surface area (Å²) in [6, 6.07) is 8.61.